The highest BCUT2D eigenvalue weighted by Crippen LogP contribution is 2.28. The maximum Gasteiger partial charge on any atom is 0.264 e. The molecular weight excluding hydrogens is 658 g/mol. The molecule has 4 aromatic carbocycles. The van der Waals surface area contributed by atoms with Gasteiger partial charge in [-0.2, -0.15) is 0 Å². The number of ether oxygens (including phenoxy) is 2. The summed E-state index contributed by atoms with van der Waals surface area (Å²) < 4.78 is 41.0. The topological polar surface area (TPSA) is 105 Å². The van der Waals surface area contributed by atoms with Crippen LogP contribution >= 0.6 is 15.9 Å². The van der Waals surface area contributed by atoms with E-state index < -0.39 is 28.5 Å². The van der Waals surface area contributed by atoms with E-state index in [1.165, 1.54) is 24.1 Å². The number of nitrogens with one attached hydrogen (secondary N) is 1. The number of methoxy groups -OCH3 is 1. The van der Waals surface area contributed by atoms with Crippen molar-refractivity contribution in [1.29, 1.82) is 0 Å². The molecule has 0 aliphatic rings. The highest BCUT2D eigenvalue weighted by Gasteiger charge is 2.34. The lowest BCUT2D eigenvalue weighted by Crippen LogP contribution is -2.53. The molecule has 0 aliphatic heterocycles. The molecule has 0 bridgehead atoms. The monoisotopic (exact) mass is 693 g/mol. The molecule has 4 rings (SSSR count). The maximum absolute atomic E-state index is 14.4. The van der Waals surface area contributed by atoms with Gasteiger partial charge in [-0.1, -0.05) is 58.4 Å². The van der Waals surface area contributed by atoms with Crippen molar-refractivity contribution in [3.63, 3.8) is 0 Å². The molecular formula is C34H36BrN3O6S. The molecule has 0 aromatic heterocycles. The summed E-state index contributed by atoms with van der Waals surface area (Å²) in [5.74, 6) is 0.222. The van der Waals surface area contributed by atoms with Crippen LogP contribution in [0.1, 0.15) is 18.1 Å². The van der Waals surface area contributed by atoms with Gasteiger partial charge in [0, 0.05) is 24.5 Å². The van der Waals surface area contributed by atoms with E-state index in [1.54, 1.807) is 61.7 Å². The number of nitrogens with zero attached hydrogens (tertiary/aromatic N) is 2. The van der Waals surface area contributed by atoms with Crippen LogP contribution in [0.4, 0.5) is 5.69 Å². The molecule has 0 spiro atoms. The highest BCUT2D eigenvalue weighted by molar-refractivity contribution is 9.10. The summed E-state index contributed by atoms with van der Waals surface area (Å²) in [5.41, 5.74) is 1.84. The Kier molecular flexibility index (Phi) is 11.6. The molecule has 0 unspecified atom stereocenters. The zero-order chi connectivity index (χ0) is 32.4. The molecule has 0 saturated carbocycles. The Morgan fingerprint density at radius 2 is 1.53 bits per heavy atom. The van der Waals surface area contributed by atoms with Crippen molar-refractivity contribution in [2.24, 2.45) is 0 Å². The van der Waals surface area contributed by atoms with Crippen molar-refractivity contribution >= 4 is 43.5 Å². The summed E-state index contributed by atoms with van der Waals surface area (Å²) in [6.07, 6.45) is 0.221. The van der Waals surface area contributed by atoms with Gasteiger partial charge in [0.1, 0.15) is 24.1 Å². The first-order valence-corrected chi connectivity index (χ1v) is 16.6. The Hall–Kier alpha value is -4.35. The van der Waals surface area contributed by atoms with Gasteiger partial charge in [-0.3, -0.25) is 13.9 Å². The van der Waals surface area contributed by atoms with Gasteiger partial charge in [0.2, 0.25) is 11.8 Å². The molecule has 1 N–H and O–H groups in total. The van der Waals surface area contributed by atoms with Gasteiger partial charge in [0.15, 0.2) is 0 Å². The van der Waals surface area contributed by atoms with Crippen LogP contribution in [0.3, 0.4) is 0 Å². The fourth-order valence-electron chi connectivity index (χ4n) is 4.83. The van der Waals surface area contributed by atoms with Crippen LogP contribution in [-0.2, 0) is 32.6 Å². The molecule has 236 valence electrons. The second kappa shape index (κ2) is 15.6. The fraction of sp³-hybridized carbons (Fsp3) is 0.235. The van der Waals surface area contributed by atoms with Crippen LogP contribution < -0.4 is 19.1 Å². The molecule has 1 atom stereocenters. The van der Waals surface area contributed by atoms with Crippen molar-refractivity contribution in [1.82, 2.24) is 10.2 Å². The van der Waals surface area contributed by atoms with Crippen molar-refractivity contribution in [2.75, 3.05) is 31.6 Å². The van der Waals surface area contributed by atoms with Crippen LogP contribution in [0.15, 0.2) is 112 Å². The first-order valence-electron chi connectivity index (χ1n) is 14.3. The van der Waals surface area contributed by atoms with E-state index >= 15 is 0 Å². The van der Waals surface area contributed by atoms with E-state index in [0.717, 1.165) is 9.87 Å². The molecule has 0 aliphatic carbocycles. The van der Waals surface area contributed by atoms with Gasteiger partial charge in [-0.25, -0.2) is 8.42 Å². The lowest BCUT2D eigenvalue weighted by molar-refractivity contribution is -0.139. The summed E-state index contributed by atoms with van der Waals surface area (Å²) in [6, 6.07) is 28.3. The van der Waals surface area contributed by atoms with Crippen LogP contribution in [0.25, 0.3) is 0 Å². The molecule has 0 saturated heterocycles. The molecule has 45 heavy (non-hydrogen) atoms. The SMILES string of the molecule is CCOc1ccc(N(CC(=O)N(Cc2cccc(OC)c2)[C@@H](Cc2ccccc2)C(=O)NC)S(=O)(=O)c2ccc(Br)cc2)cc1. The average Bonchev–Trinajstić information content (AvgIpc) is 3.06. The quantitative estimate of drug-likeness (QED) is 0.189. The zero-order valence-electron chi connectivity index (χ0n) is 25.4. The molecule has 4 aromatic rings. The minimum Gasteiger partial charge on any atom is -0.497 e. The van der Waals surface area contributed by atoms with Crippen molar-refractivity contribution in [3.8, 4) is 11.5 Å². The number of anilines is 1. The molecule has 0 fully saturated rings. The van der Waals surface area contributed by atoms with E-state index in [-0.39, 0.29) is 29.5 Å². The number of carbonyl (C=O) groups excluding carboxylic acids is 2. The standard InChI is InChI=1S/C34H36BrN3O6S/c1-4-44-29-17-15-28(16-18-29)38(45(41,42)31-19-13-27(35)14-20-31)24-33(39)37(23-26-11-8-12-30(21-26)43-3)32(34(40)36-2)22-25-9-6-5-7-10-25/h5-21,32H,4,22-24H2,1-3H3,(H,36,40)/t32-/m0/s1. The lowest BCUT2D eigenvalue weighted by atomic mass is 10.0. The van der Waals surface area contributed by atoms with Crippen molar-refractivity contribution < 1.29 is 27.5 Å². The number of likely N-dealkylation sites (N-methyl/N-ethyl adjacent to an activating group) is 1. The van der Waals surface area contributed by atoms with Gasteiger partial charge in [-0.05, 0) is 78.7 Å². The Morgan fingerprint density at radius 1 is 0.867 bits per heavy atom. The summed E-state index contributed by atoms with van der Waals surface area (Å²) in [5, 5.41) is 2.69. The largest absolute Gasteiger partial charge is 0.497 e. The number of hydrogen-bond donors (Lipinski definition) is 1. The molecule has 2 amide bonds. The first kappa shape index (κ1) is 33.5. The summed E-state index contributed by atoms with van der Waals surface area (Å²) in [4.78, 5) is 29.3. The zero-order valence-corrected chi connectivity index (χ0v) is 27.8. The van der Waals surface area contributed by atoms with E-state index in [4.69, 9.17) is 9.47 Å². The van der Waals surface area contributed by atoms with Gasteiger partial charge in [0.05, 0.1) is 24.3 Å². The Labute approximate surface area is 273 Å². The Bertz CT molecular complexity index is 1680. The van der Waals surface area contributed by atoms with E-state index in [9.17, 15) is 18.0 Å². The minimum absolute atomic E-state index is 0.0128. The number of carbonyl (C=O) groups is 2. The Balaban J connectivity index is 1.79. The molecule has 9 nitrogen and oxygen atoms in total. The lowest BCUT2D eigenvalue weighted by Gasteiger charge is -2.33. The van der Waals surface area contributed by atoms with Crippen molar-refractivity contribution in [2.45, 2.75) is 30.8 Å². The number of hydrogen-bond acceptors (Lipinski definition) is 6. The number of amides is 2. The smallest absolute Gasteiger partial charge is 0.264 e. The first-order chi connectivity index (χ1) is 21.7. The van der Waals surface area contributed by atoms with Crippen molar-refractivity contribution in [3.05, 3.63) is 119 Å². The summed E-state index contributed by atoms with van der Waals surface area (Å²) in [7, 11) is -1.15. The predicted molar refractivity (Wildman–Crippen MR) is 178 cm³/mol. The maximum atomic E-state index is 14.4. The number of halogens is 1. The normalized spacial score (nSPS) is 11.7. The van der Waals surface area contributed by atoms with Crippen LogP contribution in [0.2, 0.25) is 0 Å². The van der Waals surface area contributed by atoms with E-state index in [1.807, 2.05) is 43.3 Å². The van der Waals surface area contributed by atoms with E-state index in [0.29, 0.717) is 28.1 Å². The number of rotatable bonds is 14. The van der Waals surface area contributed by atoms with Gasteiger partial charge >= 0.3 is 0 Å². The second-order valence-electron chi connectivity index (χ2n) is 10.1. The van der Waals surface area contributed by atoms with Gasteiger partial charge < -0.3 is 19.7 Å². The highest BCUT2D eigenvalue weighted by atomic mass is 79.9. The summed E-state index contributed by atoms with van der Waals surface area (Å²) in [6.45, 7) is 1.78. The third-order valence-corrected chi connectivity index (χ3v) is 9.44. The molecule has 0 radical (unpaired) electrons. The predicted octanol–water partition coefficient (Wildman–Crippen LogP) is 5.44. The second-order valence-corrected chi connectivity index (χ2v) is 12.9. The van der Waals surface area contributed by atoms with Gasteiger partial charge in [0.25, 0.3) is 10.0 Å². The fourth-order valence-corrected chi connectivity index (χ4v) is 6.50. The third-order valence-electron chi connectivity index (χ3n) is 7.12. The van der Waals surface area contributed by atoms with E-state index in [2.05, 4.69) is 21.2 Å². The third kappa shape index (κ3) is 8.64. The molecule has 0 heterocycles. The van der Waals surface area contributed by atoms with Crippen LogP contribution in [-0.4, -0.2) is 58.5 Å². The van der Waals surface area contributed by atoms with Crippen LogP contribution in [0.5, 0.6) is 11.5 Å². The number of benzene rings is 4. The summed E-state index contributed by atoms with van der Waals surface area (Å²) >= 11 is 3.35. The average molecular weight is 695 g/mol. The van der Waals surface area contributed by atoms with Gasteiger partial charge in [-0.15, -0.1) is 0 Å². The molecule has 11 heteroatoms. The Morgan fingerprint density at radius 3 is 2.16 bits per heavy atom. The minimum atomic E-state index is -4.21. The van der Waals surface area contributed by atoms with Crippen LogP contribution in [0, 0.1) is 0 Å². The number of sulfonamides is 1.